The number of hydrogen-bond donors (Lipinski definition) is 1. The van der Waals surface area contributed by atoms with Crippen molar-refractivity contribution in [3.63, 3.8) is 0 Å². The Kier molecular flexibility index (Phi) is 2.52. The zero-order valence-corrected chi connectivity index (χ0v) is 9.12. The lowest BCUT2D eigenvalue weighted by Gasteiger charge is -2.14. The molecule has 1 fully saturated rings. The van der Waals surface area contributed by atoms with E-state index >= 15 is 0 Å². The minimum Gasteiger partial charge on any atom is -0.466 e. The summed E-state index contributed by atoms with van der Waals surface area (Å²) in [5, 5.41) is 0. The number of nitrogens with zero attached hydrogens (tertiary/aromatic N) is 1. The summed E-state index contributed by atoms with van der Waals surface area (Å²) in [7, 11) is 0. The smallest absolute Gasteiger partial charge is 0.257 e. The summed E-state index contributed by atoms with van der Waals surface area (Å²) in [6, 6.07) is 1.92. The van der Waals surface area contributed by atoms with Crippen LogP contribution in [0.1, 0.15) is 28.3 Å². The van der Waals surface area contributed by atoms with E-state index in [1.54, 1.807) is 11.0 Å². The number of likely N-dealkylation sites (tertiary alicyclic amines) is 1. The molecule has 1 aliphatic rings. The summed E-state index contributed by atoms with van der Waals surface area (Å²) < 4.78 is 5.34. The lowest BCUT2D eigenvalue weighted by Crippen LogP contribution is -2.31. The first-order valence-corrected chi connectivity index (χ1v) is 5.20. The van der Waals surface area contributed by atoms with Gasteiger partial charge in [-0.2, -0.15) is 0 Å². The maximum Gasteiger partial charge on any atom is 0.257 e. The Bertz CT molecular complexity index is 384. The van der Waals surface area contributed by atoms with Crippen LogP contribution in [-0.2, 0) is 0 Å². The first-order chi connectivity index (χ1) is 7.08. The van der Waals surface area contributed by atoms with E-state index in [0.717, 1.165) is 18.7 Å². The SMILES string of the molecule is Cc1cc(C(=O)N2CCC(N)C2)c(C)o1. The van der Waals surface area contributed by atoms with Crippen molar-refractivity contribution in [1.29, 1.82) is 0 Å². The molecule has 0 aromatic carbocycles. The number of hydrogen-bond acceptors (Lipinski definition) is 3. The largest absolute Gasteiger partial charge is 0.466 e. The third-order valence-corrected chi connectivity index (χ3v) is 2.78. The Morgan fingerprint density at radius 3 is 2.80 bits per heavy atom. The van der Waals surface area contributed by atoms with Crippen LogP contribution in [0.3, 0.4) is 0 Å². The highest BCUT2D eigenvalue weighted by Crippen LogP contribution is 2.18. The van der Waals surface area contributed by atoms with Crippen LogP contribution in [-0.4, -0.2) is 29.9 Å². The molecule has 0 spiro atoms. The Morgan fingerprint density at radius 1 is 1.60 bits per heavy atom. The molecule has 0 radical (unpaired) electrons. The van der Waals surface area contributed by atoms with Gasteiger partial charge in [0.1, 0.15) is 11.5 Å². The lowest BCUT2D eigenvalue weighted by atomic mass is 10.2. The van der Waals surface area contributed by atoms with Crippen LogP contribution in [0.15, 0.2) is 10.5 Å². The molecule has 0 saturated carbocycles. The summed E-state index contributed by atoms with van der Waals surface area (Å²) >= 11 is 0. The van der Waals surface area contributed by atoms with Crippen LogP contribution in [0.4, 0.5) is 0 Å². The van der Waals surface area contributed by atoms with E-state index in [9.17, 15) is 4.79 Å². The highest BCUT2D eigenvalue weighted by molar-refractivity contribution is 5.95. The summed E-state index contributed by atoms with van der Waals surface area (Å²) in [4.78, 5) is 13.8. The van der Waals surface area contributed by atoms with Gasteiger partial charge in [-0.1, -0.05) is 0 Å². The predicted octanol–water partition coefficient (Wildman–Crippen LogP) is 1.07. The van der Waals surface area contributed by atoms with Gasteiger partial charge in [0.15, 0.2) is 0 Å². The second-order valence-electron chi connectivity index (χ2n) is 4.13. The summed E-state index contributed by atoms with van der Waals surface area (Å²) in [6.07, 6.45) is 0.890. The van der Waals surface area contributed by atoms with Gasteiger partial charge in [0.25, 0.3) is 5.91 Å². The molecule has 1 saturated heterocycles. The van der Waals surface area contributed by atoms with Gasteiger partial charge in [0.05, 0.1) is 5.56 Å². The van der Waals surface area contributed by atoms with Crippen molar-refractivity contribution in [2.45, 2.75) is 26.3 Å². The molecule has 0 bridgehead atoms. The molecule has 4 heteroatoms. The number of nitrogens with two attached hydrogens (primary N) is 1. The molecule has 0 aliphatic carbocycles. The average Bonchev–Trinajstić information content (AvgIpc) is 2.71. The van der Waals surface area contributed by atoms with Gasteiger partial charge in [-0.25, -0.2) is 0 Å². The standard InChI is InChI=1S/C11H16N2O2/c1-7-5-10(8(2)15-7)11(14)13-4-3-9(12)6-13/h5,9H,3-4,6,12H2,1-2H3. The minimum atomic E-state index is 0.0392. The van der Waals surface area contributed by atoms with E-state index in [0.29, 0.717) is 17.9 Å². The summed E-state index contributed by atoms with van der Waals surface area (Å²) in [5.41, 5.74) is 6.44. The number of carbonyl (C=O) groups excluding carboxylic acids is 1. The topological polar surface area (TPSA) is 59.5 Å². The van der Waals surface area contributed by atoms with E-state index in [1.807, 2.05) is 13.8 Å². The lowest BCUT2D eigenvalue weighted by molar-refractivity contribution is 0.0789. The quantitative estimate of drug-likeness (QED) is 0.751. The molecule has 2 heterocycles. The molecule has 1 atom stereocenters. The molecular weight excluding hydrogens is 192 g/mol. The van der Waals surface area contributed by atoms with Gasteiger partial charge in [0.2, 0.25) is 0 Å². The van der Waals surface area contributed by atoms with Crippen molar-refractivity contribution in [1.82, 2.24) is 4.90 Å². The molecule has 82 valence electrons. The van der Waals surface area contributed by atoms with E-state index in [4.69, 9.17) is 10.2 Å². The maximum atomic E-state index is 12.0. The van der Waals surface area contributed by atoms with Crippen molar-refractivity contribution in [3.8, 4) is 0 Å². The summed E-state index contributed by atoms with van der Waals surface area (Å²) in [6.45, 7) is 5.07. The fraction of sp³-hybridized carbons (Fsp3) is 0.545. The van der Waals surface area contributed by atoms with Gasteiger partial charge in [-0.05, 0) is 26.3 Å². The van der Waals surface area contributed by atoms with E-state index in [2.05, 4.69) is 0 Å². The van der Waals surface area contributed by atoms with Crippen molar-refractivity contribution in [3.05, 3.63) is 23.2 Å². The zero-order valence-electron chi connectivity index (χ0n) is 9.12. The van der Waals surface area contributed by atoms with Crippen molar-refractivity contribution >= 4 is 5.91 Å². The molecule has 1 aromatic heterocycles. The second-order valence-corrected chi connectivity index (χ2v) is 4.13. The first kappa shape index (κ1) is 10.2. The van der Waals surface area contributed by atoms with Crippen LogP contribution >= 0.6 is 0 Å². The molecule has 2 rings (SSSR count). The Balaban J connectivity index is 2.17. The third kappa shape index (κ3) is 1.90. The normalized spacial score (nSPS) is 21.0. The maximum absolute atomic E-state index is 12.0. The molecule has 2 N–H and O–H groups in total. The monoisotopic (exact) mass is 208 g/mol. The number of rotatable bonds is 1. The summed E-state index contributed by atoms with van der Waals surface area (Å²) in [5.74, 6) is 1.51. The van der Waals surface area contributed by atoms with Gasteiger partial charge >= 0.3 is 0 Å². The number of carbonyl (C=O) groups is 1. The molecule has 1 unspecified atom stereocenters. The molecule has 15 heavy (non-hydrogen) atoms. The van der Waals surface area contributed by atoms with E-state index in [-0.39, 0.29) is 11.9 Å². The van der Waals surface area contributed by atoms with Crippen LogP contribution < -0.4 is 5.73 Å². The molecule has 1 aliphatic heterocycles. The molecule has 4 nitrogen and oxygen atoms in total. The van der Waals surface area contributed by atoms with Crippen molar-refractivity contribution < 1.29 is 9.21 Å². The number of furan rings is 1. The van der Waals surface area contributed by atoms with Gasteiger partial charge in [-0.3, -0.25) is 4.79 Å². The van der Waals surface area contributed by atoms with Crippen LogP contribution in [0.25, 0.3) is 0 Å². The Labute approximate surface area is 89.0 Å². The third-order valence-electron chi connectivity index (χ3n) is 2.78. The van der Waals surface area contributed by atoms with Crippen LogP contribution in [0, 0.1) is 13.8 Å². The van der Waals surface area contributed by atoms with Gasteiger partial charge in [-0.15, -0.1) is 0 Å². The fourth-order valence-electron chi connectivity index (χ4n) is 1.99. The van der Waals surface area contributed by atoms with E-state index < -0.39 is 0 Å². The zero-order chi connectivity index (χ0) is 11.0. The van der Waals surface area contributed by atoms with Gasteiger partial charge < -0.3 is 15.1 Å². The molecular formula is C11H16N2O2. The minimum absolute atomic E-state index is 0.0392. The van der Waals surface area contributed by atoms with Crippen molar-refractivity contribution in [2.75, 3.05) is 13.1 Å². The fourth-order valence-corrected chi connectivity index (χ4v) is 1.99. The molecule has 1 amide bonds. The highest BCUT2D eigenvalue weighted by atomic mass is 16.3. The van der Waals surface area contributed by atoms with Crippen molar-refractivity contribution in [2.24, 2.45) is 5.73 Å². The predicted molar refractivity (Wildman–Crippen MR) is 56.7 cm³/mol. The number of aryl methyl sites for hydroxylation is 2. The number of amides is 1. The Morgan fingerprint density at radius 2 is 2.33 bits per heavy atom. The van der Waals surface area contributed by atoms with Crippen LogP contribution in [0.2, 0.25) is 0 Å². The second kappa shape index (κ2) is 3.70. The van der Waals surface area contributed by atoms with Gasteiger partial charge in [0, 0.05) is 19.1 Å². The highest BCUT2D eigenvalue weighted by Gasteiger charge is 2.26. The average molecular weight is 208 g/mol. The first-order valence-electron chi connectivity index (χ1n) is 5.20. The Hall–Kier alpha value is -1.29. The molecule has 1 aromatic rings. The van der Waals surface area contributed by atoms with Crippen LogP contribution in [0.5, 0.6) is 0 Å². The van der Waals surface area contributed by atoms with E-state index in [1.165, 1.54) is 0 Å².